The molecule has 0 aromatic rings. The Kier molecular flexibility index (Phi) is 67.3. The third-order valence-corrected chi connectivity index (χ3v) is 17.3. The lowest BCUT2D eigenvalue weighted by Gasteiger charge is -2.21. The maximum absolute atomic E-state index is 12.9. The van der Waals surface area contributed by atoms with Crippen LogP contribution in [0.4, 0.5) is 0 Å². The highest BCUT2D eigenvalue weighted by atomic mass is 31.2. The number of aliphatic hydroxyl groups excluding tert-OH is 2. The topological polar surface area (TPSA) is 231 Å². The Morgan fingerprint density at radius 2 is 0.579 bits per heavy atom. The normalized spacial score (nSPS) is 14.7. The number of carbonyl (C=O) groups is 3. The lowest BCUT2D eigenvalue weighted by molar-refractivity contribution is -0.161. The van der Waals surface area contributed by atoms with E-state index in [1.54, 1.807) is 0 Å². The molecule has 18 heteroatoms. The summed E-state index contributed by atoms with van der Waals surface area (Å²) in [4.78, 5) is 58.4. The Morgan fingerprint density at radius 3 is 0.926 bits per heavy atom. The fraction of sp³-hybridized carbons (Fsp3) is 0.727. The molecule has 0 bridgehead atoms. The van der Waals surface area contributed by atoms with Crippen molar-refractivity contribution in [1.29, 1.82) is 0 Å². The molecule has 0 fully saturated rings. The number of ether oxygens (including phenoxy) is 3. The SMILES string of the molecule is CC/C=C\C/C=C\C/C=C\CCCCCCCC(=O)OCC(COP(=O)(O)OCC(O)COP(=O)(O)OCC(O)COC(=O)CCCCCCCCCCCCCCCCC/C=C\C/C=C\C/C=C\C/C=C\CCCCC)OC(=O)CCCCCCC/C=C\C/C=C\CCC. The van der Waals surface area contributed by atoms with E-state index in [0.717, 1.165) is 141 Å². The average Bonchev–Trinajstić information content (AvgIpc) is 1.79. The fourth-order valence-corrected chi connectivity index (χ4v) is 11.4. The molecule has 0 saturated carbocycles. The Morgan fingerprint density at radius 1 is 0.305 bits per heavy atom. The van der Waals surface area contributed by atoms with Gasteiger partial charge in [0.05, 0.1) is 26.4 Å². The molecule has 16 nitrogen and oxygen atoms in total. The molecule has 0 heterocycles. The predicted octanol–water partition coefficient (Wildman–Crippen LogP) is 21.2. The molecule has 0 aliphatic rings. The fourth-order valence-electron chi connectivity index (χ4n) is 9.78. The summed E-state index contributed by atoms with van der Waals surface area (Å²) in [6.45, 7) is 2.43. The summed E-state index contributed by atoms with van der Waals surface area (Å²) in [5, 5.41) is 20.6. The van der Waals surface area contributed by atoms with Gasteiger partial charge >= 0.3 is 33.6 Å². The standard InChI is InChI=1S/C77H134O16P2/c1-4-7-10-13-16-19-22-25-27-28-29-30-31-32-33-34-35-36-37-38-39-40-41-42-44-47-48-51-54-57-60-63-75(80)87-66-72(78)67-89-94(83,84)90-68-73(79)69-91-95(85,86)92-71-74(93-77(82)65-62-59-56-53-50-45-24-21-18-15-12-9-6-3)70-88-76(81)64-61-58-55-52-49-46-43-26-23-20-17-14-11-8-5-2/h8,11-12,15-17,19-21,24-27,29-30,32-33,43,72-74,78-79H,4-7,9-10,13-14,18,22-23,28,31,34-42,44-71H2,1-3H3,(H,83,84)(H,85,86)/b11-8-,15-12-,19-16-,20-17-,24-21-,27-25-,30-29-,33-32-,43-26-. The van der Waals surface area contributed by atoms with E-state index in [0.29, 0.717) is 19.3 Å². The zero-order chi connectivity index (χ0) is 69.5. The molecule has 0 rings (SSSR count). The summed E-state index contributed by atoms with van der Waals surface area (Å²) in [6, 6.07) is 0. The van der Waals surface area contributed by atoms with Gasteiger partial charge in [0.2, 0.25) is 0 Å². The molecule has 0 aromatic heterocycles. The number of aliphatic hydroxyl groups is 2. The van der Waals surface area contributed by atoms with Crippen molar-refractivity contribution in [3.63, 3.8) is 0 Å². The highest BCUT2D eigenvalue weighted by Crippen LogP contribution is 2.45. The van der Waals surface area contributed by atoms with Gasteiger partial charge < -0.3 is 34.2 Å². The van der Waals surface area contributed by atoms with Crippen molar-refractivity contribution in [3.8, 4) is 0 Å². The summed E-state index contributed by atoms with van der Waals surface area (Å²) in [5.74, 6) is -1.61. The number of unbranched alkanes of at least 4 members (excludes halogenated alkanes) is 29. The molecule has 0 saturated heterocycles. The van der Waals surface area contributed by atoms with E-state index >= 15 is 0 Å². The number of allylic oxidation sites excluding steroid dienone is 18. The smallest absolute Gasteiger partial charge is 0.463 e. The molecule has 5 unspecified atom stereocenters. The van der Waals surface area contributed by atoms with Gasteiger partial charge in [-0.2, -0.15) is 0 Å². The van der Waals surface area contributed by atoms with Gasteiger partial charge in [0.15, 0.2) is 6.10 Å². The molecule has 0 radical (unpaired) electrons. The van der Waals surface area contributed by atoms with Crippen LogP contribution in [0.2, 0.25) is 0 Å². The first-order valence-electron chi connectivity index (χ1n) is 37.2. The van der Waals surface area contributed by atoms with Crippen molar-refractivity contribution in [3.05, 3.63) is 109 Å². The van der Waals surface area contributed by atoms with Gasteiger partial charge in [-0.25, -0.2) is 9.13 Å². The van der Waals surface area contributed by atoms with E-state index in [9.17, 15) is 43.5 Å². The third kappa shape index (κ3) is 71.3. The maximum Gasteiger partial charge on any atom is 0.472 e. The van der Waals surface area contributed by atoms with Crippen LogP contribution in [0.15, 0.2) is 109 Å². The summed E-state index contributed by atoms with van der Waals surface area (Å²) in [5.41, 5.74) is 0. The molecule has 0 amide bonds. The molecule has 95 heavy (non-hydrogen) atoms. The van der Waals surface area contributed by atoms with Crippen LogP contribution < -0.4 is 0 Å². The van der Waals surface area contributed by atoms with Crippen molar-refractivity contribution >= 4 is 33.6 Å². The minimum Gasteiger partial charge on any atom is -0.463 e. The van der Waals surface area contributed by atoms with Gasteiger partial charge in [-0.05, 0) is 122 Å². The largest absolute Gasteiger partial charge is 0.472 e. The third-order valence-electron chi connectivity index (χ3n) is 15.4. The number of hydrogen-bond donors (Lipinski definition) is 4. The van der Waals surface area contributed by atoms with Gasteiger partial charge in [-0.15, -0.1) is 0 Å². The quantitative estimate of drug-likeness (QED) is 0.0146. The van der Waals surface area contributed by atoms with Crippen LogP contribution in [0.1, 0.15) is 303 Å². The van der Waals surface area contributed by atoms with Crippen LogP contribution in [0.25, 0.3) is 0 Å². The van der Waals surface area contributed by atoms with Crippen molar-refractivity contribution in [2.24, 2.45) is 0 Å². The van der Waals surface area contributed by atoms with E-state index in [1.165, 1.54) is 103 Å². The van der Waals surface area contributed by atoms with Gasteiger partial charge in [0, 0.05) is 19.3 Å². The number of esters is 3. The second kappa shape index (κ2) is 70.1. The summed E-state index contributed by atoms with van der Waals surface area (Å²) < 4.78 is 60.9. The molecule has 0 aliphatic carbocycles. The van der Waals surface area contributed by atoms with Crippen molar-refractivity contribution in [2.45, 2.75) is 322 Å². The minimum absolute atomic E-state index is 0.0834. The van der Waals surface area contributed by atoms with Crippen LogP contribution in [-0.4, -0.2) is 95.9 Å². The lowest BCUT2D eigenvalue weighted by atomic mass is 10.0. The van der Waals surface area contributed by atoms with E-state index in [1.807, 2.05) is 0 Å². The first-order chi connectivity index (χ1) is 46.2. The second-order valence-corrected chi connectivity index (χ2v) is 27.6. The first-order valence-corrected chi connectivity index (χ1v) is 40.2. The highest BCUT2D eigenvalue weighted by Gasteiger charge is 2.29. The average molecular weight is 1380 g/mol. The number of carbonyl (C=O) groups excluding carboxylic acids is 3. The molecular weight excluding hydrogens is 1240 g/mol. The van der Waals surface area contributed by atoms with Crippen LogP contribution in [-0.2, 0) is 55.8 Å². The Balaban J connectivity index is 4.41. The Bertz CT molecular complexity index is 2170. The number of phosphoric acid groups is 2. The summed E-state index contributed by atoms with van der Waals surface area (Å²) in [7, 11) is -9.78. The molecule has 548 valence electrons. The van der Waals surface area contributed by atoms with Gasteiger partial charge in [0.25, 0.3) is 0 Å². The van der Waals surface area contributed by atoms with Crippen molar-refractivity contribution in [1.82, 2.24) is 0 Å². The molecule has 0 spiro atoms. The van der Waals surface area contributed by atoms with Crippen LogP contribution in [0, 0.1) is 0 Å². The van der Waals surface area contributed by atoms with E-state index in [-0.39, 0.29) is 19.3 Å². The van der Waals surface area contributed by atoms with Gasteiger partial charge in [0.1, 0.15) is 25.4 Å². The maximum atomic E-state index is 12.9. The zero-order valence-corrected chi connectivity index (χ0v) is 61.4. The molecular formula is C77H134O16P2. The van der Waals surface area contributed by atoms with Crippen LogP contribution >= 0.6 is 15.6 Å². The number of rotatable bonds is 70. The van der Waals surface area contributed by atoms with E-state index in [2.05, 4.69) is 130 Å². The van der Waals surface area contributed by atoms with Crippen molar-refractivity contribution < 1.29 is 75.8 Å². The van der Waals surface area contributed by atoms with Crippen LogP contribution in [0.3, 0.4) is 0 Å². The van der Waals surface area contributed by atoms with E-state index in [4.69, 9.17) is 32.3 Å². The van der Waals surface area contributed by atoms with Crippen LogP contribution in [0.5, 0.6) is 0 Å². The number of phosphoric ester groups is 2. The molecule has 4 N–H and O–H groups in total. The zero-order valence-electron chi connectivity index (χ0n) is 59.6. The molecule has 0 aliphatic heterocycles. The van der Waals surface area contributed by atoms with Crippen molar-refractivity contribution in [2.75, 3.05) is 39.6 Å². The molecule has 5 atom stereocenters. The predicted molar refractivity (Wildman–Crippen MR) is 390 cm³/mol. The lowest BCUT2D eigenvalue weighted by Crippen LogP contribution is -2.30. The van der Waals surface area contributed by atoms with Gasteiger partial charge in [-0.1, -0.05) is 271 Å². The number of hydrogen-bond acceptors (Lipinski definition) is 14. The van der Waals surface area contributed by atoms with E-state index < -0.39 is 91.5 Å². The molecule has 0 aromatic carbocycles. The monoisotopic (exact) mass is 1380 g/mol. The second-order valence-electron chi connectivity index (χ2n) is 24.7. The Labute approximate surface area is 577 Å². The first kappa shape index (κ1) is 91.2. The van der Waals surface area contributed by atoms with Gasteiger partial charge in [-0.3, -0.25) is 32.5 Å². The summed E-state index contributed by atoms with van der Waals surface area (Å²) in [6.07, 6.45) is 80.2. The summed E-state index contributed by atoms with van der Waals surface area (Å²) >= 11 is 0. The highest BCUT2D eigenvalue weighted by molar-refractivity contribution is 7.47. The minimum atomic E-state index is -4.93. The Hall–Kier alpha value is -3.79.